The summed E-state index contributed by atoms with van der Waals surface area (Å²) in [5, 5.41) is 4.03. The minimum atomic E-state index is -2.36. The van der Waals surface area contributed by atoms with Gasteiger partial charge in [-0.25, -0.2) is 0 Å². The monoisotopic (exact) mass is 114 g/mol. The Bertz CT molecular complexity index is 32.6. The lowest BCUT2D eigenvalue weighted by Crippen LogP contribution is -1.97. The Morgan fingerprint density at radius 2 is 1.80 bits per heavy atom. The summed E-state index contributed by atoms with van der Waals surface area (Å²) in [7, 11) is 0. The lowest BCUT2D eigenvalue weighted by Gasteiger charge is -1.85. The van der Waals surface area contributed by atoms with E-state index in [0.717, 1.165) is 0 Å². The summed E-state index contributed by atoms with van der Waals surface area (Å²) in [6.07, 6.45) is 0. The normalized spacial score (nSPS) is 12.4. The molecule has 0 amide bonds. The molecule has 0 bridgehead atoms. The third kappa shape index (κ3) is 112. The van der Waals surface area contributed by atoms with Crippen molar-refractivity contribution in [2.24, 2.45) is 5.14 Å². The van der Waals surface area contributed by atoms with E-state index in [2.05, 4.69) is 5.14 Å². The molecule has 0 radical (unpaired) electrons. The highest BCUT2D eigenvalue weighted by Gasteiger charge is 1.39. The summed E-state index contributed by atoms with van der Waals surface area (Å²) >= 11 is -2.36. The molecule has 5 heteroatoms. The predicted octanol–water partition coefficient (Wildman–Crippen LogP) is -1.20. The van der Waals surface area contributed by atoms with Crippen molar-refractivity contribution in [1.29, 1.82) is 0 Å². The average molecular weight is 114 g/mol. The SMILES string of the molecule is NS(=O)[O-].P. The highest BCUT2D eigenvalue weighted by molar-refractivity contribution is 7.76. The Morgan fingerprint density at radius 3 is 1.80 bits per heavy atom. The van der Waals surface area contributed by atoms with Crippen molar-refractivity contribution < 1.29 is 8.76 Å². The van der Waals surface area contributed by atoms with Crippen LogP contribution in [0.1, 0.15) is 0 Å². The van der Waals surface area contributed by atoms with E-state index in [1.807, 2.05) is 0 Å². The second-order valence-corrected chi connectivity index (χ2v) is 0.781. The van der Waals surface area contributed by atoms with Gasteiger partial charge in [-0.1, -0.05) is 0 Å². The van der Waals surface area contributed by atoms with Gasteiger partial charge in [-0.3, -0.25) is 9.35 Å². The molecule has 5 heavy (non-hydrogen) atoms. The first kappa shape index (κ1) is 9.09. The minimum Gasteiger partial charge on any atom is -0.760 e. The zero-order valence-electron chi connectivity index (χ0n) is 2.51. The lowest BCUT2D eigenvalue weighted by atomic mass is 13.9. The van der Waals surface area contributed by atoms with E-state index in [9.17, 15) is 0 Å². The molecule has 2 atom stereocenters. The van der Waals surface area contributed by atoms with Crippen molar-refractivity contribution in [3.05, 3.63) is 0 Å². The number of hydrogen-bond donors (Lipinski definition) is 1. The Morgan fingerprint density at radius 1 is 1.80 bits per heavy atom. The quantitative estimate of drug-likeness (QED) is 0.317. The molecule has 2 N–H and O–H groups in total. The molecule has 0 aliphatic carbocycles. The highest BCUT2D eigenvalue weighted by Crippen LogP contribution is 1.33. The van der Waals surface area contributed by atoms with Gasteiger partial charge in [0.05, 0.1) is 0 Å². The number of rotatable bonds is 0. The molecule has 0 rings (SSSR count). The lowest BCUT2D eigenvalue weighted by molar-refractivity contribution is 0.539. The molecule has 2 unspecified atom stereocenters. The molecule has 0 aromatic heterocycles. The summed E-state index contributed by atoms with van der Waals surface area (Å²) in [5.74, 6) is 0. The van der Waals surface area contributed by atoms with Crippen molar-refractivity contribution in [3.63, 3.8) is 0 Å². The van der Waals surface area contributed by atoms with E-state index in [-0.39, 0.29) is 9.90 Å². The molecule has 34 valence electrons. The van der Waals surface area contributed by atoms with Crippen LogP contribution in [-0.4, -0.2) is 8.76 Å². The first-order chi connectivity index (χ1) is 1.73. The largest absolute Gasteiger partial charge is 0.760 e. The fourth-order valence-electron chi connectivity index (χ4n) is 0. The van der Waals surface area contributed by atoms with Crippen LogP contribution in [-0.2, 0) is 11.3 Å². The van der Waals surface area contributed by atoms with Gasteiger partial charge >= 0.3 is 0 Å². The first-order valence-electron chi connectivity index (χ1n) is 0.569. The Labute approximate surface area is 36.0 Å². The van der Waals surface area contributed by atoms with Gasteiger partial charge in [0.25, 0.3) is 0 Å². The molecular weight excluding hydrogens is 109 g/mol. The summed E-state index contributed by atoms with van der Waals surface area (Å²) in [4.78, 5) is 0. The topological polar surface area (TPSA) is 66.2 Å². The van der Waals surface area contributed by atoms with Gasteiger partial charge in [0.1, 0.15) is 0 Å². The van der Waals surface area contributed by atoms with Crippen molar-refractivity contribution in [2.75, 3.05) is 0 Å². The molecule has 0 spiro atoms. The molecule has 0 saturated heterocycles. The molecule has 3 nitrogen and oxygen atoms in total. The van der Waals surface area contributed by atoms with Gasteiger partial charge in [-0.05, 0) is 0 Å². The van der Waals surface area contributed by atoms with Crippen LogP contribution >= 0.6 is 9.90 Å². The first-order valence-corrected chi connectivity index (χ1v) is 1.71. The van der Waals surface area contributed by atoms with Crippen LogP contribution in [0.5, 0.6) is 0 Å². The smallest absolute Gasteiger partial charge is 0.0152 e. The van der Waals surface area contributed by atoms with Crippen LogP contribution in [0.15, 0.2) is 0 Å². The van der Waals surface area contributed by atoms with Gasteiger partial charge in [-0.15, -0.1) is 0 Å². The molecule has 0 aliphatic rings. The fraction of sp³-hybridized carbons (Fsp3) is 0. The maximum Gasteiger partial charge on any atom is 0.0152 e. The van der Waals surface area contributed by atoms with E-state index >= 15 is 0 Å². The maximum absolute atomic E-state index is 8.78. The van der Waals surface area contributed by atoms with Crippen molar-refractivity contribution in [2.45, 2.75) is 0 Å². The van der Waals surface area contributed by atoms with Gasteiger partial charge in [0.15, 0.2) is 0 Å². The molecule has 0 aromatic carbocycles. The highest BCUT2D eigenvalue weighted by atomic mass is 32.2. The third-order valence-corrected chi connectivity index (χ3v) is 0. The van der Waals surface area contributed by atoms with Crippen LogP contribution in [0, 0.1) is 0 Å². The Hall–Kier alpha value is 0.500. The van der Waals surface area contributed by atoms with E-state index < -0.39 is 11.3 Å². The number of hydrogen-bond acceptors (Lipinski definition) is 2. The van der Waals surface area contributed by atoms with Crippen LogP contribution < -0.4 is 5.14 Å². The molecule has 0 saturated carbocycles. The van der Waals surface area contributed by atoms with E-state index in [1.165, 1.54) is 0 Å². The van der Waals surface area contributed by atoms with Crippen molar-refractivity contribution in [1.82, 2.24) is 0 Å². The maximum atomic E-state index is 8.78. The second-order valence-electron chi connectivity index (χ2n) is 0.260. The second kappa shape index (κ2) is 4.50. The molecule has 0 aliphatic heterocycles. The molecular formula is H5NO2PS-. The van der Waals surface area contributed by atoms with Crippen LogP contribution in [0.2, 0.25) is 0 Å². The summed E-state index contributed by atoms with van der Waals surface area (Å²) in [6, 6.07) is 0. The third-order valence-electron chi connectivity index (χ3n) is 0. The zero-order valence-corrected chi connectivity index (χ0v) is 4.74. The van der Waals surface area contributed by atoms with Gasteiger partial charge in [0.2, 0.25) is 0 Å². The van der Waals surface area contributed by atoms with Gasteiger partial charge in [-0.2, -0.15) is 9.90 Å². The zero-order chi connectivity index (χ0) is 3.58. The summed E-state index contributed by atoms with van der Waals surface area (Å²) in [5.41, 5.74) is 0. The van der Waals surface area contributed by atoms with Gasteiger partial charge < -0.3 is 4.55 Å². The number of nitrogens with two attached hydrogens (primary N) is 1. The Balaban J connectivity index is 0. The van der Waals surface area contributed by atoms with E-state index in [4.69, 9.17) is 8.76 Å². The van der Waals surface area contributed by atoms with Gasteiger partial charge in [0, 0.05) is 11.3 Å². The van der Waals surface area contributed by atoms with Crippen molar-refractivity contribution in [3.8, 4) is 0 Å². The Kier molecular flexibility index (Phi) is 8.18. The molecule has 0 heterocycles. The summed E-state index contributed by atoms with van der Waals surface area (Å²) < 4.78 is 17.6. The predicted molar refractivity (Wildman–Crippen MR) is 24.2 cm³/mol. The minimum absolute atomic E-state index is 0. The van der Waals surface area contributed by atoms with E-state index in [1.54, 1.807) is 0 Å². The standard InChI is InChI=1S/H3NO2S.H3P/c1-4(2)3;/h1H2,(H,2,3);1H3/p-1. The van der Waals surface area contributed by atoms with Crippen LogP contribution in [0.25, 0.3) is 0 Å². The molecule has 0 aromatic rings. The summed E-state index contributed by atoms with van der Waals surface area (Å²) in [6.45, 7) is 0. The molecule has 0 fully saturated rings. The van der Waals surface area contributed by atoms with Crippen LogP contribution in [0.4, 0.5) is 0 Å². The van der Waals surface area contributed by atoms with Crippen LogP contribution in [0.3, 0.4) is 0 Å². The van der Waals surface area contributed by atoms with Crippen molar-refractivity contribution >= 4 is 21.2 Å². The average Bonchev–Trinajstić information content (AvgIpc) is 0.811. The van der Waals surface area contributed by atoms with E-state index in [0.29, 0.717) is 0 Å². The fourth-order valence-corrected chi connectivity index (χ4v) is 0.